The topological polar surface area (TPSA) is 72.5 Å². The highest BCUT2D eigenvalue weighted by molar-refractivity contribution is 6.23. The van der Waals surface area contributed by atoms with Gasteiger partial charge in [-0.1, -0.05) is 0 Å². The average Bonchev–Trinajstić information content (AvgIpc) is 2.73. The largest absolute Gasteiger partial charge is 0.493 e. The van der Waals surface area contributed by atoms with Gasteiger partial charge in [-0.05, 0) is 41.5 Å². The summed E-state index contributed by atoms with van der Waals surface area (Å²) < 4.78 is 32.2. The highest BCUT2D eigenvalue weighted by Gasteiger charge is 2.26. The monoisotopic (exact) mass is 386 g/mol. The minimum Gasteiger partial charge on any atom is -0.493 e. The number of carbonyl (C=O) groups is 1. The van der Waals surface area contributed by atoms with E-state index in [1.807, 2.05) is 6.07 Å². The van der Waals surface area contributed by atoms with Gasteiger partial charge in [0, 0.05) is 5.56 Å². The molecule has 7 heteroatoms. The maximum Gasteiger partial charge on any atom is 0.339 e. The summed E-state index contributed by atoms with van der Waals surface area (Å²) >= 11 is 0. The number of ether oxygens (including phenoxy) is 6. The molecule has 0 amide bonds. The zero-order chi connectivity index (χ0) is 20.3. The lowest BCUT2D eigenvalue weighted by atomic mass is 9.95. The normalized spacial score (nSPS) is 14.2. The van der Waals surface area contributed by atoms with Crippen LogP contribution in [0.4, 0.5) is 0 Å². The number of fused-ring (bicyclic) bond motifs is 1. The van der Waals surface area contributed by atoms with E-state index in [4.69, 9.17) is 28.4 Å². The first-order chi connectivity index (χ1) is 13.6. The second kappa shape index (κ2) is 8.12. The molecular weight excluding hydrogens is 364 g/mol. The quantitative estimate of drug-likeness (QED) is 0.557. The SMILES string of the molecule is COc1cc2c(cc1OC)/C(=C\c1cc(OC)c(OC)c(OC)c1)C(=O)OC2. The molecule has 2 aromatic rings. The first kappa shape index (κ1) is 19.4. The van der Waals surface area contributed by atoms with Crippen molar-refractivity contribution < 1.29 is 33.2 Å². The Morgan fingerprint density at radius 3 is 1.89 bits per heavy atom. The average molecular weight is 386 g/mol. The van der Waals surface area contributed by atoms with Crippen LogP contribution < -0.4 is 23.7 Å². The van der Waals surface area contributed by atoms with Crippen molar-refractivity contribution >= 4 is 17.6 Å². The Morgan fingerprint density at radius 1 is 0.786 bits per heavy atom. The Bertz CT molecular complexity index is 906. The molecule has 148 valence electrons. The van der Waals surface area contributed by atoms with Crippen LogP contribution in [0.3, 0.4) is 0 Å². The van der Waals surface area contributed by atoms with Gasteiger partial charge in [0.15, 0.2) is 23.0 Å². The van der Waals surface area contributed by atoms with Gasteiger partial charge in [0.1, 0.15) is 6.61 Å². The molecule has 7 nitrogen and oxygen atoms in total. The molecule has 0 fully saturated rings. The van der Waals surface area contributed by atoms with Crippen LogP contribution >= 0.6 is 0 Å². The first-order valence-electron chi connectivity index (χ1n) is 8.50. The molecule has 0 aliphatic carbocycles. The molecule has 1 heterocycles. The van der Waals surface area contributed by atoms with E-state index in [1.165, 1.54) is 21.3 Å². The highest BCUT2D eigenvalue weighted by atomic mass is 16.5. The highest BCUT2D eigenvalue weighted by Crippen LogP contribution is 2.41. The summed E-state index contributed by atoms with van der Waals surface area (Å²) in [4.78, 5) is 12.5. The number of rotatable bonds is 6. The minimum atomic E-state index is -0.423. The van der Waals surface area contributed by atoms with Crippen LogP contribution in [-0.4, -0.2) is 41.5 Å². The standard InChI is InChI=1S/C21H22O7/c1-23-16-9-13-11-28-21(22)15(14(13)10-17(16)24-2)6-12-7-18(25-3)20(27-5)19(8-12)26-4/h6-10H,11H2,1-5H3/b15-6+. The summed E-state index contributed by atoms with van der Waals surface area (Å²) in [6.45, 7) is 0.168. The van der Waals surface area contributed by atoms with Gasteiger partial charge in [-0.2, -0.15) is 0 Å². The van der Waals surface area contributed by atoms with Crippen LogP contribution in [0, 0.1) is 0 Å². The van der Waals surface area contributed by atoms with Crippen LogP contribution in [0.1, 0.15) is 16.7 Å². The third kappa shape index (κ3) is 3.43. The van der Waals surface area contributed by atoms with E-state index in [2.05, 4.69) is 0 Å². The van der Waals surface area contributed by atoms with Crippen molar-refractivity contribution in [1.82, 2.24) is 0 Å². The van der Waals surface area contributed by atoms with Gasteiger partial charge < -0.3 is 28.4 Å². The molecule has 0 spiro atoms. The molecular formula is C21H22O7. The molecule has 0 N–H and O–H groups in total. The summed E-state index contributed by atoms with van der Waals surface area (Å²) in [5.74, 6) is 2.15. The lowest BCUT2D eigenvalue weighted by Gasteiger charge is -2.21. The van der Waals surface area contributed by atoms with E-state index in [9.17, 15) is 4.79 Å². The molecule has 0 atom stereocenters. The van der Waals surface area contributed by atoms with E-state index in [0.29, 0.717) is 39.9 Å². The Kier molecular flexibility index (Phi) is 5.63. The number of carbonyl (C=O) groups excluding carboxylic acids is 1. The molecule has 28 heavy (non-hydrogen) atoms. The van der Waals surface area contributed by atoms with Gasteiger partial charge in [0.05, 0.1) is 41.1 Å². The zero-order valence-electron chi connectivity index (χ0n) is 16.5. The van der Waals surface area contributed by atoms with Crippen LogP contribution in [-0.2, 0) is 16.1 Å². The number of benzene rings is 2. The lowest BCUT2D eigenvalue weighted by molar-refractivity contribution is -0.138. The van der Waals surface area contributed by atoms with Crippen LogP contribution in [0.2, 0.25) is 0 Å². The van der Waals surface area contributed by atoms with Crippen molar-refractivity contribution in [3.05, 3.63) is 41.0 Å². The van der Waals surface area contributed by atoms with E-state index >= 15 is 0 Å². The first-order valence-corrected chi connectivity index (χ1v) is 8.50. The van der Waals surface area contributed by atoms with Crippen molar-refractivity contribution in [2.75, 3.05) is 35.5 Å². The van der Waals surface area contributed by atoms with Gasteiger partial charge in [-0.15, -0.1) is 0 Å². The summed E-state index contributed by atoms with van der Waals surface area (Å²) in [5, 5.41) is 0. The number of esters is 1. The van der Waals surface area contributed by atoms with Gasteiger partial charge in [0.25, 0.3) is 0 Å². The zero-order valence-corrected chi connectivity index (χ0v) is 16.5. The fourth-order valence-electron chi connectivity index (χ4n) is 3.11. The van der Waals surface area contributed by atoms with Crippen LogP contribution in [0.5, 0.6) is 28.7 Å². The molecule has 0 bridgehead atoms. The molecule has 0 unspecified atom stereocenters. The predicted octanol–water partition coefficient (Wildman–Crippen LogP) is 3.33. The Hall–Kier alpha value is -3.35. The number of hydrogen-bond acceptors (Lipinski definition) is 7. The van der Waals surface area contributed by atoms with Crippen molar-refractivity contribution in [2.45, 2.75) is 6.61 Å². The molecule has 0 radical (unpaired) electrons. The molecule has 0 saturated heterocycles. The number of cyclic esters (lactones) is 1. The predicted molar refractivity (Wildman–Crippen MR) is 103 cm³/mol. The fourth-order valence-corrected chi connectivity index (χ4v) is 3.11. The van der Waals surface area contributed by atoms with Gasteiger partial charge in [-0.3, -0.25) is 0 Å². The Labute approximate surface area is 163 Å². The second-order valence-corrected chi connectivity index (χ2v) is 5.96. The Morgan fingerprint density at radius 2 is 1.36 bits per heavy atom. The molecule has 1 aliphatic rings. The summed E-state index contributed by atoms with van der Waals surface area (Å²) in [5.41, 5.74) is 2.65. The summed E-state index contributed by atoms with van der Waals surface area (Å²) in [6, 6.07) is 7.11. The Balaban J connectivity index is 2.16. The second-order valence-electron chi connectivity index (χ2n) is 5.96. The van der Waals surface area contributed by atoms with E-state index < -0.39 is 5.97 Å². The van der Waals surface area contributed by atoms with Crippen LogP contribution in [0.15, 0.2) is 24.3 Å². The number of hydrogen-bond donors (Lipinski definition) is 0. The maximum absolute atomic E-state index is 12.5. The van der Waals surface area contributed by atoms with Gasteiger partial charge in [0.2, 0.25) is 5.75 Å². The lowest BCUT2D eigenvalue weighted by Crippen LogP contribution is -2.15. The summed E-state index contributed by atoms with van der Waals surface area (Å²) in [7, 11) is 7.72. The van der Waals surface area contributed by atoms with E-state index in [1.54, 1.807) is 38.5 Å². The molecule has 1 aliphatic heterocycles. The molecule has 0 saturated carbocycles. The fraction of sp³-hybridized carbons (Fsp3) is 0.286. The van der Waals surface area contributed by atoms with E-state index in [-0.39, 0.29) is 6.61 Å². The van der Waals surface area contributed by atoms with Crippen molar-refractivity contribution in [2.24, 2.45) is 0 Å². The molecule has 3 rings (SSSR count). The van der Waals surface area contributed by atoms with Gasteiger partial charge in [-0.25, -0.2) is 4.79 Å². The summed E-state index contributed by atoms with van der Waals surface area (Å²) in [6.07, 6.45) is 1.72. The molecule has 0 aromatic heterocycles. The van der Waals surface area contributed by atoms with E-state index in [0.717, 1.165) is 11.1 Å². The number of methoxy groups -OCH3 is 5. The molecule has 2 aromatic carbocycles. The maximum atomic E-state index is 12.5. The van der Waals surface area contributed by atoms with Crippen molar-refractivity contribution in [3.8, 4) is 28.7 Å². The third-order valence-electron chi connectivity index (χ3n) is 4.48. The van der Waals surface area contributed by atoms with Crippen molar-refractivity contribution in [1.29, 1.82) is 0 Å². The minimum absolute atomic E-state index is 0.168. The smallest absolute Gasteiger partial charge is 0.339 e. The third-order valence-corrected chi connectivity index (χ3v) is 4.48. The van der Waals surface area contributed by atoms with Crippen molar-refractivity contribution in [3.63, 3.8) is 0 Å². The van der Waals surface area contributed by atoms with Crippen LogP contribution in [0.25, 0.3) is 11.6 Å². The van der Waals surface area contributed by atoms with Gasteiger partial charge >= 0.3 is 5.97 Å².